The Labute approximate surface area is 144 Å². The van der Waals surface area contributed by atoms with Crippen molar-refractivity contribution in [2.75, 3.05) is 19.8 Å². The smallest absolute Gasteiger partial charge is 0.191 e. The number of nitrogens with one attached hydrogen (secondary N) is 2. The van der Waals surface area contributed by atoms with Crippen LogP contribution in [0.25, 0.3) is 0 Å². The van der Waals surface area contributed by atoms with Crippen LogP contribution in [0.2, 0.25) is 0 Å². The Balaban J connectivity index is 1.77. The summed E-state index contributed by atoms with van der Waals surface area (Å²) in [4.78, 5) is 4.35. The zero-order valence-electron chi connectivity index (χ0n) is 14.4. The van der Waals surface area contributed by atoms with Crippen molar-refractivity contribution in [2.45, 2.75) is 50.0 Å². The summed E-state index contributed by atoms with van der Waals surface area (Å²) in [5, 5.41) is 7.74. The van der Waals surface area contributed by atoms with E-state index in [1.54, 1.807) is 0 Å². The lowest BCUT2D eigenvalue weighted by molar-refractivity contribution is 0.199. The van der Waals surface area contributed by atoms with Gasteiger partial charge in [-0.2, -0.15) is 11.8 Å². The van der Waals surface area contributed by atoms with Gasteiger partial charge in [-0.1, -0.05) is 25.1 Å². The van der Waals surface area contributed by atoms with Gasteiger partial charge >= 0.3 is 0 Å². The highest BCUT2D eigenvalue weighted by atomic mass is 32.2. The molecule has 23 heavy (non-hydrogen) atoms. The third-order valence-electron chi connectivity index (χ3n) is 4.28. The quantitative estimate of drug-likeness (QED) is 0.593. The molecule has 1 aliphatic carbocycles. The number of benzene rings is 1. The van der Waals surface area contributed by atoms with Crippen molar-refractivity contribution in [1.29, 1.82) is 0 Å². The molecule has 3 atom stereocenters. The van der Waals surface area contributed by atoms with Crippen molar-refractivity contribution in [3.8, 4) is 5.75 Å². The summed E-state index contributed by atoms with van der Waals surface area (Å²) in [7, 11) is 1.83. The van der Waals surface area contributed by atoms with Crippen LogP contribution in [-0.4, -0.2) is 43.2 Å². The molecule has 1 aromatic carbocycles. The Hall–Kier alpha value is -1.36. The Bertz CT molecular complexity index is 480. The molecule has 3 unspecified atom stereocenters. The lowest BCUT2D eigenvalue weighted by Gasteiger charge is -2.21. The number of rotatable bonds is 7. The van der Waals surface area contributed by atoms with Gasteiger partial charge in [-0.25, -0.2) is 0 Å². The largest absolute Gasteiger partial charge is 0.489 e. The first-order valence-corrected chi connectivity index (χ1v) is 9.75. The number of aliphatic imine (C=N–C) groups is 1. The molecule has 1 fully saturated rings. The van der Waals surface area contributed by atoms with Crippen LogP contribution >= 0.6 is 11.8 Å². The number of hydrogen-bond donors (Lipinski definition) is 2. The molecule has 0 heterocycles. The lowest BCUT2D eigenvalue weighted by atomic mass is 10.2. The minimum atomic E-state index is 0.137. The molecule has 0 amide bonds. The summed E-state index contributed by atoms with van der Waals surface area (Å²) in [6, 6.07) is 10.5. The molecule has 1 saturated carbocycles. The Kier molecular flexibility index (Phi) is 7.59. The maximum Gasteiger partial charge on any atom is 0.191 e. The van der Waals surface area contributed by atoms with Crippen LogP contribution in [0.1, 0.15) is 32.6 Å². The minimum absolute atomic E-state index is 0.137. The summed E-state index contributed by atoms with van der Waals surface area (Å²) in [5.41, 5.74) is 0. The molecule has 128 valence electrons. The Morgan fingerprint density at radius 1 is 1.35 bits per heavy atom. The SMILES string of the molecule is CCC(CNC(=NC)NC1CCC(SC)C1)Oc1ccccc1. The van der Waals surface area contributed by atoms with Gasteiger partial charge < -0.3 is 15.4 Å². The molecule has 0 bridgehead atoms. The van der Waals surface area contributed by atoms with Crippen LogP contribution in [0.4, 0.5) is 0 Å². The van der Waals surface area contributed by atoms with Crippen LogP contribution < -0.4 is 15.4 Å². The van der Waals surface area contributed by atoms with Crippen molar-refractivity contribution in [2.24, 2.45) is 4.99 Å². The fraction of sp³-hybridized carbons (Fsp3) is 0.611. The van der Waals surface area contributed by atoms with Gasteiger partial charge in [-0.15, -0.1) is 0 Å². The first-order chi connectivity index (χ1) is 11.2. The van der Waals surface area contributed by atoms with E-state index in [9.17, 15) is 0 Å². The van der Waals surface area contributed by atoms with Crippen molar-refractivity contribution < 1.29 is 4.74 Å². The number of thioether (sulfide) groups is 1. The zero-order chi connectivity index (χ0) is 16.5. The molecular weight excluding hydrogens is 306 g/mol. The first-order valence-electron chi connectivity index (χ1n) is 8.46. The Morgan fingerprint density at radius 2 is 2.13 bits per heavy atom. The average Bonchev–Trinajstić information content (AvgIpc) is 3.05. The van der Waals surface area contributed by atoms with Crippen LogP contribution in [-0.2, 0) is 0 Å². The molecule has 2 rings (SSSR count). The average molecular weight is 336 g/mol. The highest BCUT2D eigenvalue weighted by Gasteiger charge is 2.24. The fourth-order valence-corrected chi connectivity index (χ4v) is 3.64. The summed E-state index contributed by atoms with van der Waals surface area (Å²) < 4.78 is 6.01. The molecule has 0 aromatic heterocycles. The summed E-state index contributed by atoms with van der Waals surface area (Å²) >= 11 is 1.97. The molecule has 4 nitrogen and oxygen atoms in total. The van der Waals surface area contributed by atoms with Crippen molar-refractivity contribution in [1.82, 2.24) is 10.6 Å². The highest BCUT2D eigenvalue weighted by molar-refractivity contribution is 7.99. The van der Waals surface area contributed by atoms with Crippen LogP contribution in [0.15, 0.2) is 35.3 Å². The Morgan fingerprint density at radius 3 is 2.74 bits per heavy atom. The van der Waals surface area contributed by atoms with Gasteiger partial charge in [0.25, 0.3) is 0 Å². The highest BCUT2D eigenvalue weighted by Crippen LogP contribution is 2.28. The first kappa shape index (κ1) is 18.0. The van der Waals surface area contributed by atoms with E-state index in [4.69, 9.17) is 4.74 Å². The van der Waals surface area contributed by atoms with Gasteiger partial charge in [-0.05, 0) is 44.1 Å². The van der Waals surface area contributed by atoms with E-state index in [-0.39, 0.29) is 6.10 Å². The molecule has 2 N–H and O–H groups in total. The third kappa shape index (κ3) is 5.98. The van der Waals surface area contributed by atoms with E-state index in [1.165, 1.54) is 19.3 Å². The fourth-order valence-electron chi connectivity index (χ4n) is 2.84. The van der Waals surface area contributed by atoms with Crippen LogP contribution in [0.3, 0.4) is 0 Å². The van der Waals surface area contributed by atoms with E-state index in [0.29, 0.717) is 6.04 Å². The second kappa shape index (κ2) is 9.71. The molecule has 1 aromatic rings. The molecule has 0 saturated heterocycles. The molecule has 5 heteroatoms. The van der Waals surface area contributed by atoms with E-state index in [2.05, 4.69) is 28.8 Å². The van der Waals surface area contributed by atoms with Gasteiger partial charge in [0.15, 0.2) is 5.96 Å². The summed E-state index contributed by atoms with van der Waals surface area (Å²) in [6.45, 7) is 2.90. The summed E-state index contributed by atoms with van der Waals surface area (Å²) in [6.07, 6.45) is 7.04. The van der Waals surface area contributed by atoms with Gasteiger partial charge in [0, 0.05) is 18.3 Å². The number of ether oxygens (including phenoxy) is 1. The third-order valence-corrected chi connectivity index (χ3v) is 5.38. The molecule has 0 radical (unpaired) electrons. The van der Waals surface area contributed by atoms with Crippen molar-refractivity contribution in [3.05, 3.63) is 30.3 Å². The monoisotopic (exact) mass is 335 g/mol. The number of nitrogens with zero attached hydrogens (tertiary/aromatic N) is 1. The van der Waals surface area contributed by atoms with Crippen molar-refractivity contribution in [3.63, 3.8) is 0 Å². The normalized spacial score (nSPS) is 22.7. The number of para-hydroxylation sites is 1. The maximum absolute atomic E-state index is 6.01. The molecule has 0 aliphatic heterocycles. The van der Waals surface area contributed by atoms with Crippen LogP contribution in [0.5, 0.6) is 5.75 Å². The van der Waals surface area contributed by atoms with E-state index < -0.39 is 0 Å². The molecule has 0 spiro atoms. The van der Waals surface area contributed by atoms with Gasteiger partial charge in [0.1, 0.15) is 11.9 Å². The van der Waals surface area contributed by atoms with Gasteiger partial charge in [0.2, 0.25) is 0 Å². The number of hydrogen-bond acceptors (Lipinski definition) is 3. The van der Waals surface area contributed by atoms with Gasteiger partial charge in [-0.3, -0.25) is 4.99 Å². The second-order valence-electron chi connectivity index (χ2n) is 5.93. The lowest BCUT2D eigenvalue weighted by Crippen LogP contribution is -2.45. The minimum Gasteiger partial charge on any atom is -0.489 e. The predicted molar refractivity (Wildman–Crippen MR) is 101 cm³/mol. The van der Waals surface area contributed by atoms with Crippen molar-refractivity contribution >= 4 is 17.7 Å². The topological polar surface area (TPSA) is 45.7 Å². The maximum atomic E-state index is 6.01. The standard InChI is InChI=1S/C18H29N3OS/c1-4-15(22-16-8-6-5-7-9-16)13-20-18(19-2)21-14-10-11-17(12-14)23-3/h5-9,14-15,17H,4,10-13H2,1-3H3,(H2,19,20,21). The second-order valence-corrected chi connectivity index (χ2v) is 7.06. The van der Waals surface area contributed by atoms with Gasteiger partial charge in [0.05, 0.1) is 6.54 Å². The summed E-state index contributed by atoms with van der Waals surface area (Å²) in [5.74, 6) is 1.80. The van der Waals surface area contributed by atoms with E-state index in [0.717, 1.165) is 29.9 Å². The molecular formula is C18H29N3OS. The van der Waals surface area contributed by atoms with E-state index >= 15 is 0 Å². The van der Waals surface area contributed by atoms with Crippen LogP contribution in [0, 0.1) is 0 Å². The van der Waals surface area contributed by atoms with E-state index in [1.807, 2.05) is 49.1 Å². The zero-order valence-corrected chi connectivity index (χ0v) is 15.2. The number of guanidine groups is 1. The molecule has 1 aliphatic rings. The predicted octanol–water partition coefficient (Wildman–Crippen LogP) is 3.29.